The van der Waals surface area contributed by atoms with Gasteiger partial charge < -0.3 is 19.7 Å². The van der Waals surface area contributed by atoms with Gasteiger partial charge in [0.2, 0.25) is 0 Å². The molecule has 0 aromatic carbocycles. The van der Waals surface area contributed by atoms with Crippen LogP contribution in [0.5, 0.6) is 0 Å². The number of aliphatic hydroxyl groups excluding tert-OH is 2. The highest BCUT2D eigenvalue weighted by molar-refractivity contribution is 5.69. The van der Waals surface area contributed by atoms with E-state index in [0.717, 1.165) is 44.9 Å². The summed E-state index contributed by atoms with van der Waals surface area (Å²) in [5, 5.41) is 17.8. The Bertz CT molecular complexity index is 355. The minimum absolute atomic E-state index is 0.0622. The van der Waals surface area contributed by atoms with Crippen LogP contribution in [0.2, 0.25) is 0 Å². The minimum atomic E-state index is -0.394. The molecule has 27 heavy (non-hydrogen) atoms. The molecular weight excluding hydrogens is 348 g/mol. The normalized spacial score (nSPS) is 11.0. The molecule has 0 unspecified atom stereocenters. The van der Waals surface area contributed by atoms with Gasteiger partial charge in [-0.05, 0) is 19.3 Å². The lowest BCUT2D eigenvalue weighted by Crippen LogP contribution is -2.20. The van der Waals surface area contributed by atoms with Gasteiger partial charge in [0.05, 0.1) is 26.4 Å². The van der Waals surface area contributed by atoms with Crippen LogP contribution in [0.1, 0.15) is 90.4 Å². The molecular formula is C21H40O6. The van der Waals surface area contributed by atoms with E-state index in [1.165, 1.54) is 25.7 Å². The van der Waals surface area contributed by atoms with E-state index in [-0.39, 0.29) is 31.8 Å². The number of unbranched alkanes of at least 4 members (excludes halogenated alkanes) is 9. The summed E-state index contributed by atoms with van der Waals surface area (Å²) in [6.45, 7) is 2.42. The third kappa shape index (κ3) is 18.0. The van der Waals surface area contributed by atoms with E-state index in [1.54, 1.807) is 0 Å². The highest BCUT2D eigenvalue weighted by Crippen LogP contribution is 2.10. The van der Waals surface area contributed by atoms with Gasteiger partial charge in [-0.3, -0.25) is 9.59 Å². The van der Waals surface area contributed by atoms with E-state index in [9.17, 15) is 9.59 Å². The number of ether oxygens (including phenoxy) is 2. The first-order valence-corrected chi connectivity index (χ1v) is 10.7. The van der Waals surface area contributed by atoms with E-state index < -0.39 is 5.92 Å². The van der Waals surface area contributed by atoms with E-state index >= 15 is 0 Å². The number of aliphatic hydroxyl groups is 2. The molecule has 0 atom stereocenters. The Labute approximate surface area is 164 Å². The third-order valence-corrected chi connectivity index (χ3v) is 4.52. The summed E-state index contributed by atoms with van der Waals surface area (Å²) in [5.74, 6) is -0.788. The van der Waals surface area contributed by atoms with Crippen molar-refractivity contribution in [2.75, 3.05) is 26.4 Å². The lowest BCUT2D eigenvalue weighted by Gasteiger charge is -2.11. The van der Waals surface area contributed by atoms with E-state index in [4.69, 9.17) is 19.7 Å². The number of hydrogen-bond acceptors (Lipinski definition) is 6. The van der Waals surface area contributed by atoms with Crippen LogP contribution in [0.3, 0.4) is 0 Å². The topological polar surface area (TPSA) is 93.1 Å². The van der Waals surface area contributed by atoms with Crippen molar-refractivity contribution in [3.05, 3.63) is 0 Å². The molecule has 0 bridgehead atoms. The fourth-order valence-electron chi connectivity index (χ4n) is 2.66. The van der Waals surface area contributed by atoms with Gasteiger partial charge in [-0.1, -0.05) is 58.3 Å². The van der Waals surface area contributed by atoms with Crippen LogP contribution in [0.15, 0.2) is 0 Å². The summed E-state index contributed by atoms with van der Waals surface area (Å²) in [6, 6.07) is 0. The molecule has 0 rings (SSSR count). The van der Waals surface area contributed by atoms with Crippen molar-refractivity contribution >= 4 is 11.9 Å². The SMILES string of the molecule is CCCCCCCCOC(=O)CCCCCCCC(=O)OCC(CO)CO. The Morgan fingerprint density at radius 2 is 1.19 bits per heavy atom. The van der Waals surface area contributed by atoms with Crippen LogP contribution < -0.4 is 0 Å². The summed E-state index contributed by atoms with van der Waals surface area (Å²) in [6.07, 6.45) is 12.4. The van der Waals surface area contributed by atoms with Crippen molar-refractivity contribution < 1.29 is 29.3 Å². The van der Waals surface area contributed by atoms with Gasteiger partial charge >= 0.3 is 11.9 Å². The number of esters is 2. The van der Waals surface area contributed by atoms with Gasteiger partial charge in [-0.2, -0.15) is 0 Å². The summed E-state index contributed by atoms with van der Waals surface area (Å²) in [5.41, 5.74) is 0. The zero-order chi connectivity index (χ0) is 20.2. The van der Waals surface area contributed by atoms with Crippen molar-refractivity contribution in [2.24, 2.45) is 5.92 Å². The maximum atomic E-state index is 11.6. The molecule has 2 N–H and O–H groups in total. The highest BCUT2D eigenvalue weighted by Gasteiger charge is 2.10. The highest BCUT2D eigenvalue weighted by atomic mass is 16.5. The van der Waals surface area contributed by atoms with Crippen LogP contribution in [0.4, 0.5) is 0 Å². The molecule has 0 spiro atoms. The molecule has 0 fully saturated rings. The van der Waals surface area contributed by atoms with Crippen LogP contribution in [0, 0.1) is 5.92 Å². The molecule has 0 amide bonds. The molecule has 0 aliphatic heterocycles. The smallest absolute Gasteiger partial charge is 0.305 e. The standard InChI is InChI=1S/C21H40O6/c1-2-3-4-5-9-12-15-26-20(24)13-10-7-6-8-11-14-21(25)27-18-19(16-22)17-23/h19,22-23H,2-18H2,1H3. The van der Waals surface area contributed by atoms with Gasteiger partial charge in [0.15, 0.2) is 0 Å². The lowest BCUT2D eigenvalue weighted by atomic mass is 10.1. The van der Waals surface area contributed by atoms with Crippen molar-refractivity contribution in [3.63, 3.8) is 0 Å². The molecule has 6 heteroatoms. The fourth-order valence-corrected chi connectivity index (χ4v) is 2.66. The predicted octanol–water partition coefficient (Wildman–Crippen LogP) is 3.76. The van der Waals surface area contributed by atoms with Crippen LogP contribution in [-0.4, -0.2) is 48.6 Å². The fraction of sp³-hybridized carbons (Fsp3) is 0.905. The summed E-state index contributed by atoms with van der Waals surface area (Å²) < 4.78 is 10.2. The Hall–Kier alpha value is -1.14. The number of carbonyl (C=O) groups is 2. The second-order valence-electron chi connectivity index (χ2n) is 7.17. The van der Waals surface area contributed by atoms with Crippen molar-refractivity contribution in [1.29, 1.82) is 0 Å². The monoisotopic (exact) mass is 388 g/mol. The second-order valence-corrected chi connectivity index (χ2v) is 7.17. The predicted molar refractivity (Wildman–Crippen MR) is 105 cm³/mol. The van der Waals surface area contributed by atoms with Gasteiger partial charge in [-0.15, -0.1) is 0 Å². The third-order valence-electron chi connectivity index (χ3n) is 4.52. The van der Waals surface area contributed by atoms with E-state index in [1.807, 2.05) is 0 Å². The van der Waals surface area contributed by atoms with Gasteiger partial charge in [0.1, 0.15) is 0 Å². The molecule has 0 saturated carbocycles. The molecule has 0 heterocycles. The molecule has 0 radical (unpaired) electrons. The zero-order valence-electron chi connectivity index (χ0n) is 17.1. The maximum Gasteiger partial charge on any atom is 0.305 e. The summed E-state index contributed by atoms with van der Waals surface area (Å²) in [7, 11) is 0. The van der Waals surface area contributed by atoms with Crippen molar-refractivity contribution in [2.45, 2.75) is 90.4 Å². The number of carbonyl (C=O) groups excluding carboxylic acids is 2. The molecule has 0 aliphatic rings. The average Bonchev–Trinajstić information content (AvgIpc) is 2.67. The van der Waals surface area contributed by atoms with Crippen LogP contribution >= 0.6 is 0 Å². The van der Waals surface area contributed by atoms with Crippen LogP contribution in [0.25, 0.3) is 0 Å². The Morgan fingerprint density at radius 1 is 0.704 bits per heavy atom. The summed E-state index contributed by atoms with van der Waals surface area (Å²) in [4.78, 5) is 23.1. The molecule has 0 aromatic heterocycles. The Kier molecular flexibility index (Phi) is 18.8. The average molecular weight is 389 g/mol. The van der Waals surface area contributed by atoms with E-state index in [2.05, 4.69) is 6.92 Å². The first-order chi connectivity index (χ1) is 13.1. The second kappa shape index (κ2) is 19.6. The number of rotatable bonds is 19. The molecule has 0 aromatic rings. The largest absolute Gasteiger partial charge is 0.466 e. The Balaban J connectivity index is 3.36. The van der Waals surface area contributed by atoms with Crippen LogP contribution in [-0.2, 0) is 19.1 Å². The Morgan fingerprint density at radius 3 is 1.74 bits per heavy atom. The molecule has 0 saturated heterocycles. The molecule has 6 nitrogen and oxygen atoms in total. The van der Waals surface area contributed by atoms with Crippen molar-refractivity contribution in [3.8, 4) is 0 Å². The quantitative estimate of drug-likeness (QED) is 0.258. The minimum Gasteiger partial charge on any atom is -0.466 e. The molecule has 0 aliphatic carbocycles. The lowest BCUT2D eigenvalue weighted by molar-refractivity contribution is -0.146. The zero-order valence-corrected chi connectivity index (χ0v) is 17.1. The van der Waals surface area contributed by atoms with Gasteiger partial charge in [-0.25, -0.2) is 0 Å². The van der Waals surface area contributed by atoms with Gasteiger partial charge in [0.25, 0.3) is 0 Å². The van der Waals surface area contributed by atoms with Crippen molar-refractivity contribution in [1.82, 2.24) is 0 Å². The van der Waals surface area contributed by atoms with Gasteiger partial charge in [0, 0.05) is 18.8 Å². The summed E-state index contributed by atoms with van der Waals surface area (Å²) >= 11 is 0. The molecule has 160 valence electrons. The number of hydrogen-bond donors (Lipinski definition) is 2. The maximum absolute atomic E-state index is 11.6. The first kappa shape index (κ1) is 25.9. The van der Waals surface area contributed by atoms with E-state index in [0.29, 0.717) is 19.4 Å². The first-order valence-electron chi connectivity index (χ1n) is 10.7.